The second kappa shape index (κ2) is 11.5. The van der Waals surface area contributed by atoms with Gasteiger partial charge < -0.3 is 19.7 Å². The quantitative estimate of drug-likeness (QED) is 0.614. The van der Waals surface area contributed by atoms with Gasteiger partial charge in [-0.1, -0.05) is 30.7 Å². The topological polar surface area (TPSA) is 67.9 Å². The fraction of sp³-hybridized carbons (Fsp3) is 0.391. The van der Waals surface area contributed by atoms with E-state index in [-0.39, 0.29) is 31.0 Å². The van der Waals surface area contributed by atoms with Crippen LogP contribution >= 0.6 is 11.6 Å². The summed E-state index contributed by atoms with van der Waals surface area (Å²) in [5, 5.41) is 3.55. The molecular weight excluding hydrogens is 404 g/mol. The van der Waals surface area contributed by atoms with E-state index >= 15 is 0 Å². The molecule has 0 aliphatic carbocycles. The lowest BCUT2D eigenvalue weighted by atomic mass is 10.1. The van der Waals surface area contributed by atoms with Crippen molar-refractivity contribution in [1.82, 2.24) is 10.2 Å². The highest BCUT2D eigenvalue weighted by Crippen LogP contribution is 2.18. The molecule has 162 valence electrons. The zero-order valence-electron chi connectivity index (χ0n) is 17.9. The number of carbonyl (C=O) groups excluding carboxylic acids is 2. The van der Waals surface area contributed by atoms with E-state index in [1.54, 1.807) is 50.4 Å². The first kappa shape index (κ1) is 23.5. The van der Waals surface area contributed by atoms with Gasteiger partial charge in [0.25, 0.3) is 5.91 Å². The Morgan fingerprint density at radius 2 is 1.63 bits per heavy atom. The molecule has 0 fully saturated rings. The van der Waals surface area contributed by atoms with Crippen molar-refractivity contribution in [2.45, 2.75) is 45.8 Å². The Bertz CT molecular complexity index is 824. The first-order valence-electron chi connectivity index (χ1n) is 9.95. The Labute approximate surface area is 183 Å². The van der Waals surface area contributed by atoms with Gasteiger partial charge >= 0.3 is 0 Å². The molecule has 2 amide bonds. The maximum Gasteiger partial charge on any atom is 0.261 e. The maximum absolute atomic E-state index is 13.0. The zero-order chi connectivity index (χ0) is 22.1. The molecule has 2 atom stereocenters. The number of amides is 2. The highest BCUT2D eigenvalue weighted by Gasteiger charge is 2.27. The van der Waals surface area contributed by atoms with Crippen LogP contribution in [0.15, 0.2) is 48.5 Å². The minimum Gasteiger partial charge on any atom is -0.497 e. The van der Waals surface area contributed by atoms with Crippen LogP contribution in [0.5, 0.6) is 11.5 Å². The van der Waals surface area contributed by atoms with Crippen LogP contribution in [0.2, 0.25) is 5.02 Å². The molecule has 0 heterocycles. The molecule has 6 nitrogen and oxygen atoms in total. The normalized spacial score (nSPS) is 12.6. The van der Waals surface area contributed by atoms with Crippen molar-refractivity contribution in [3.63, 3.8) is 0 Å². The third-order valence-electron chi connectivity index (χ3n) is 4.86. The van der Waals surface area contributed by atoms with Crippen LogP contribution in [-0.4, -0.2) is 42.5 Å². The van der Waals surface area contributed by atoms with Crippen LogP contribution < -0.4 is 14.8 Å². The average Bonchev–Trinajstić information content (AvgIpc) is 2.76. The van der Waals surface area contributed by atoms with Crippen molar-refractivity contribution in [3.8, 4) is 11.5 Å². The van der Waals surface area contributed by atoms with E-state index in [2.05, 4.69) is 5.32 Å². The molecule has 2 aromatic rings. The summed E-state index contributed by atoms with van der Waals surface area (Å²) in [6.07, 6.45) is 0.810. The average molecular weight is 433 g/mol. The predicted molar refractivity (Wildman–Crippen MR) is 118 cm³/mol. The van der Waals surface area contributed by atoms with Crippen LogP contribution in [-0.2, 0) is 16.1 Å². The summed E-state index contributed by atoms with van der Waals surface area (Å²) in [5.41, 5.74) is 0.875. The van der Waals surface area contributed by atoms with E-state index in [1.165, 1.54) is 4.90 Å². The molecule has 2 rings (SSSR count). The molecular formula is C23H29ClN2O4. The largest absolute Gasteiger partial charge is 0.497 e. The molecule has 0 aromatic heterocycles. The summed E-state index contributed by atoms with van der Waals surface area (Å²) >= 11 is 5.96. The number of nitrogens with one attached hydrogen (secondary N) is 1. The van der Waals surface area contributed by atoms with Gasteiger partial charge in [0.1, 0.15) is 17.5 Å². The summed E-state index contributed by atoms with van der Waals surface area (Å²) in [7, 11) is 1.58. The van der Waals surface area contributed by atoms with Crippen molar-refractivity contribution in [2.75, 3.05) is 13.7 Å². The van der Waals surface area contributed by atoms with Crippen molar-refractivity contribution in [2.24, 2.45) is 0 Å². The van der Waals surface area contributed by atoms with Gasteiger partial charge in [-0.25, -0.2) is 0 Å². The minimum atomic E-state index is -0.651. The van der Waals surface area contributed by atoms with Crippen LogP contribution in [0, 0.1) is 0 Å². The number of nitrogens with zero attached hydrogens (tertiary/aromatic N) is 1. The first-order chi connectivity index (χ1) is 14.3. The number of rotatable bonds is 10. The summed E-state index contributed by atoms with van der Waals surface area (Å²) in [4.78, 5) is 27.2. The Balaban J connectivity index is 2.12. The maximum atomic E-state index is 13.0. The van der Waals surface area contributed by atoms with Gasteiger partial charge in [-0.3, -0.25) is 9.59 Å². The Kier molecular flexibility index (Phi) is 8.99. The van der Waals surface area contributed by atoms with Crippen molar-refractivity contribution < 1.29 is 19.1 Å². The van der Waals surface area contributed by atoms with Gasteiger partial charge in [0.2, 0.25) is 5.91 Å². The van der Waals surface area contributed by atoms with Crippen LogP contribution in [0.25, 0.3) is 0 Å². The minimum absolute atomic E-state index is 0.0305. The molecule has 0 saturated heterocycles. The lowest BCUT2D eigenvalue weighted by molar-refractivity contribution is -0.142. The smallest absolute Gasteiger partial charge is 0.261 e. The van der Waals surface area contributed by atoms with Crippen LogP contribution in [0.3, 0.4) is 0 Å². The summed E-state index contributed by atoms with van der Waals surface area (Å²) in [6.45, 7) is 5.74. The van der Waals surface area contributed by atoms with Gasteiger partial charge in [-0.15, -0.1) is 0 Å². The lowest BCUT2D eigenvalue weighted by Crippen LogP contribution is -2.50. The SMILES string of the molecule is CC[C@@H](C)NC(=O)[C@H](C)N(Cc1ccc(Cl)cc1)C(=O)COc1ccc(OC)cc1. The molecule has 1 N–H and O–H groups in total. The Hall–Kier alpha value is -2.73. The standard InChI is InChI=1S/C23H29ClN2O4/c1-5-16(2)25-23(28)17(3)26(14-18-6-8-19(24)9-7-18)22(27)15-30-21-12-10-20(29-4)11-13-21/h6-13,16-17H,5,14-15H2,1-4H3,(H,25,28)/t16-,17+/m1/s1. The van der Waals surface area contributed by atoms with E-state index in [9.17, 15) is 9.59 Å². The summed E-state index contributed by atoms with van der Waals surface area (Å²) < 4.78 is 10.8. The Morgan fingerprint density at radius 3 is 2.20 bits per heavy atom. The fourth-order valence-electron chi connectivity index (χ4n) is 2.73. The van der Waals surface area contributed by atoms with E-state index in [0.717, 1.165) is 12.0 Å². The third kappa shape index (κ3) is 6.95. The highest BCUT2D eigenvalue weighted by molar-refractivity contribution is 6.30. The first-order valence-corrected chi connectivity index (χ1v) is 10.3. The molecule has 0 unspecified atom stereocenters. The number of hydrogen-bond donors (Lipinski definition) is 1. The number of hydrogen-bond acceptors (Lipinski definition) is 4. The summed E-state index contributed by atoms with van der Waals surface area (Å²) in [6, 6.07) is 13.6. The van der Waals surface area contributed by atoms with Crippen molar-refractivity contribution in [3.05, 3.63) is 59.1 Å². The molecule has 0 bridgehead atoms. The monoisotopic (exact) mass is 432 g/mol. The molecule has 30 heavy (non-hydrogen) atoms. The van der Waals surface area contributed by atoms with Gasteiger partial charge in [0.15, 0.2) is 6.61 Å². The molecule has 0 aliphatic heterocycles. The van der Waals surface area contributed by atoms with Gasteiger partial charge in [0.05, 0.1) is 7.11 Å². The second-order valence-electron chi connectivity index (χ2n) is 7.11. The number of halogens is 1. The van der Waals surface area contributed by atoms with Crippen molar-refractivity contribution in [1.29, 1.82) is 0 Å². The van der Waals surface area contributed by atoms with Crippen LogP contribution in [0.4, 0.5) is 0 Å². The highest BCUT2D eigenvalue weighted by atomic mass is 35.5. The number of ether oxygens (including phenoxy) is 2. The molecule has 7 heteroatoms. The molecule has 0 aliphatic rings. The van der Waals surface area contributed by atoms with E-state index in [0.29, 0.717) is 16.5 Å². The molecule has 2 aromatic carbocycles. The second-order valence-corrected chi connectivity index (χ2v) is 7.54. The lowest BCUT2D eigenvalue weighted by Gasteiger charge is -2.29. The molecule has 0 radical (unpaired) electrons. The fourth-order valence-corrected chi connectivity index (χ4v) is 2.86. The van der Waals surface area contributed by atoms with Gasteiger partial charge in [-0.2, -0.15) is 0 Å². The van der Waals surface area contributed by atoms with Gasteiger partial charge in [0, 0.05) is 17.6 Å². The molecule has 0 spiro atoms. The van der Waals surface area contributed by atoms with Crippen LogP contribution in [0.1, 0.15) is 32.8 Å². The number of carbonyl (C=O) groups is 2. The summed E-state index contributed by atoms with van der Waals surface area (Å²) in [5.74, 6) is 0.768. The van der Waals surface area contributed by atoms with E-state index in [1.807, 2.05) is 26.0 Å². The van der Waals surface area contributed by atoms with E-state index in [4.69, 9.17) is 21.1 Å². The zero-order valence-corrected chi connectivity index (χ0v) is 18.6. The van der Waals surface area contributed by atoms with Crippen molar-refractivity contribution >= 4 is 23.4 Å². The molecule has 0 saturated carbocycles. The Morgan fingerprint density at radius 1 is 1.03 bits per heavy atom. The van der Waals surface area contributed by atoms with E-state index < -0.39 is 6.04 Å². The van der Waals surface area contributed by atoms with Gasteiger partial charge in [-0.05, 0) is 62.2 Å². The predicted octanol–water partition coefficient (Wildman–Crippen LogP) is 4.06. The number of benzene rings is 2. The number of methoxy groups -OCH3 is 1. The third-order valence-corrected chi connectivity index (χ3v) is 5.11.